The van der Waals surface area contributed by atoms with Gasteiger partial charge in [-0.15, -0.1) is 0 Å². The molecule has 0 aliphatic carbocycles. The highest BCUT2D eigenvalue weighted by Crippen LogP contribution is 2.15. The largest absolute Gasteiger partial charge is 0.380 e. The van der Waals surface area contributed by atoms with Crippen molar-refractivity contribution < 1.29 is 4.74 Å². The molecule has 0 bridgehead atoms. The first-order valence-corrected chi connectivity index (χ1v) is 6.67. The van der Waals surface area contributed by atoms with E-state index in [-0.39, 0.29) is 6.04 Å². The molecule has 0 aromatic carbocycles. The predicted molar refractivity (Wildman–Crippen MR) is 73.2 cm³/mol. The van der Waals surface area contributed by atoms with Crippen LogP contribution in [0.5, 0.6) is 0 Å². The van der Waals surface area contributed by atoms with Gasteiger partial charge in [0.1, 0.15) is 16.2 Å². The first kappa shape index (κ1) is 14.4. The molecule has 1 aromatic heterocycles. The molecule has 1 heterocycles. The molecular weight excluding hydrogens is 282 g/mol. The second-order valence-corrected chi connectivity index (χ2v) is 5.09. The summed E-state index contributed by atoms with van der Waals surface area (Å²) in [7, 11) is 0. The summed E-state index contributed by atoms with van der Waals surface area (Å²) in [4.78, 5) is 8.54. The Hall–Kier alpha value is -0.680. The smallest absolute Gasteiger partial charge is 0.131 e. The fourth-order valence-corrected chi connectivity index (χ4v) is 1.91. The highest BCUT2D eigenvalue weighted by Gasteiger charge is 2.14. The lowest BCUT2D eigenvalue weighted by atomic mass is 10.1. The summed E-state index contributed by atoms with van der Waals surface area (Å²) < 4.78 is 6.27. The lowest BCUT2D eigenvalue weighted by molar-refractivity contribution is 0.126. The van der Waals surface area contributed by atoms with Crippen LogP contribution < -0.4 is 5.32 Å². The number of nitrogens with zero attached hydrogens (tertiary/aromatic N) is 2. The summed E-state index contributed by atoms with van der Waals surface area (Å²) in [5.74, 6) is 2.07. The SMILES string of the molecule is CCOCC(Nc1cc(Br)nc(C)n1)C(C)C. The van der Waals surface area contributed by atoms with Crippen molar-refractivity contribution >= 4 is 21.7 Å². The first-order chi connectivity index (χ1) is 8.02. The molecule has 0 saturated carbocycles. The number of aryl methyl sites for hydroxylation is 1. The number of nitrogens with one attached hydrogen (secondary N) is 1. The Morgan fingerprint density at radius 3 is 2.65 bits per heavy atom. The van der Waals surface area contributed by atoms with Crippen molar-refractivity contribution in [2.75, 3.05) is 18.5 Å². The summed E-state index contributed by atoms with van der Waals surface area (Å²) >= 11 is 3.37. The van der Waals surface area contributed by atoms with Gasteiger partial charge >= 0.3 is 0 Å². The zero-order valence-electron chi connectivity index (χ0n) is 10.8. The lowest BCUT2D eigenvalue weighted by Gasteiger charge is -2.22. The molecule has 0 spiro atoms. The fraction of sp³-hybridized carbons (Fsp3) is 0.667. The minimum Gasteiger partial charge on any atom is -0.380 e. The maximum absolute atomic E-state index is 5.47. The van der Waals surface area contributed by atoms with Gasteiger partial charge in [0.25, 0.3) is 0 Å². The predicted octanol–water partition coefficient (Wildman–Crippen LogP) is 3.02. The van der Waals surface area contributed by atoms with Crippen molar-refractivity contribution in [2.24, 2.45) is 5.92 Å². The van der Waals surface area contributed by atoms with E-state index in [9.17, 15) is 0 Å². The van der Waals surface area contributed by atoms with Gasteiger partial charge in [0.05, 0.1) is 12.6 Å². The Labute approximate surface area is 111 Å². The topological polar surface area (TPSA) is 47.0 Å². The third kappa shape index (κ3) is 5.00. The molecule has 5 heteroatoms. The van der Waals surface area contributed by atoms with E-state index in [4.69, 9.17) is 4.74 Å². The van der Waals surface area contributed by atoms with Crippen LogP contribution in [-0.4, -0.2) is 29.2 Å². The number of rotatable bonds is 6. The van der Waals surface area contributed by atoms with Crippen molar-refractivity contribution in [1.82, 2.24) is 9.97 Å². The van der Waals surface area contributed by atoms with E-state index < -0.39 is 0 Å². The molecular formula is C12H20BrN3O. The van der Waals surface area contributed by atoms with Crippen LogP contribution in [0, 0.1) is 12.8 Å². The highest BCUT2D eigenvalue weighted by molar-refractivity contribution is 9.10. The maximum atomic E-state index is 5.47. The Balaban J connectivity index is 2.71. The molecule has 0 aliphatic heterocycles. The van der Waals surface area contributed by atoms with Crippen molar-refractivity contribution in [2.45, 2.75) is 33.7 Å². The zero-order chi connectivity index (χ0) is 12.8. The van der Waals surface area contributed by atoms with Crippen molar-refractivity contribution in [3.05, 3.63) is 16.5 Å². The van der Waals surface area contributed by atoms with Crippen LogP contribution in [0.15, 0.2) is 10.7 Å². The third-order valence-corrected chi connectivity index (χ3v) is 2.85. The van der Waals surface area contributed by atoms with E-state index in [0.29, 0.717) is 12.5 Å². The van der Waals surface area contributed by atoms with Gasteiger partial charge in [-0.1, -0.05) is 13.8 Å². The quantitative estimate of drug-likeness (QED) is 0.821. The van der Waals surface area contributed by atoms with Crippen LogP contribution in [0.2, 0.25) is 0 Å². The van der Waals surface area contributed by atoms with Gasteiger partial charge in [-0.2, -0.15) is 0 Å². The number of anilines is 1. The molecule has 0 fully saturated rings. The van der Waals surface area contributed by atoms with Crippen molar-refractivity contribution in [3.63, 3.8) is 0 Å². The summed E-state index contributed by atoms with van der Waals surface area (Å²) in [6.07, 6.45) is 0. The van der Waals surface area contributed by atoms with Crippen molar-refractivity contribution in [1.29, 1.82) is 0 Å². The van der Waals surface area contributed by atoms with Gasteiger partial charge in [-0.25, -0.2) is 9.97 Å². The maximum Gasteiger partial charge on any atom is 0.131 e. The molecule has 0 amide bonds. The summed E-state index contributed by atoms with van der Waals surface area (Å²) in [5, 5.41) is 3.39. The first-order valence-electron chi connectivity index (χ1n) is 5.88. The van der Waals surface area contributed by atoms with Gasteiger partial charge < -0.3 is 10.1 Å². The number of halogens is 1. The fourth-order valence-electron chi connectivity index (χ4n) is 1.44. The van der Waals surface area contributed by atoms with E-state index in [2.05, 4.69) is 45.1 Å². The number of hydrogen-bond acceptors (Lipinski definition) is 4. The molecule has 0 aliphatic rings. The van der Waals surface area contributed by atoms with E-state index in [1.165, 1.54) is 0 Å². The lowest BCUT2D eigenvalue weighted by Crippen LogP contribution is -2.31. The molecule has 1 N–H and O–H groups in total. The number of aromatic nitrogens is 2. The van der Waals surface area contributed by atoms with Crippen molar-refractivity contribution in [3.8, 4) is 0 Å². The average molecular weight is 302 g/mol. The van der Waals surface area contributed by atoms with Crippen LogP contribution in [-0.2, 0) is 4.74 Å². The zero-order valence-corrected chi connectivity index (χ0v) is 12.4. The monoisotopic (exact) mass is 301 g/mol. The summed E-state index contributed by atoms with van der Waals surface area (Å²) in [6, 6.07) is 2.14. The van der Waals surface area contributed by atoms with Gasteiger partial charge in [0.15, 0.2) is 0 Å². The van der Waals surface area contributed by atoms with E-state index >= 15 is 0 Å². The van der Waals surface area contributed by atoms with Gasteiger partial charge in [0.2, 0.25) is 0 Å². The molecule has 0 radical (unpaired) electrons. The molecule has 96 valence electrons. The van der Waals surface area contributed by atoms with E-state index in [1.54, 1.807) is 0 Å². The minimum atomic E-state index is 0.260. The summed E-state index contributed by atoms with van der Waals surface area (Å²) in [5.41, 5.74) is 0. The van der Waals surface area contributed by atoms with Gasteiger partial charge in [-0.3, -0.25) is 0 Å². The number of ether oxygens (including phenoxy) is 1. The summed E-state index contributed by atoms with van der Waals surface area (Å²) in [6.45, 7) is 9.64. The highest BCUT2D eigenvalue weighted by atomic mass is 79.9. The minimum absolute atomic E-state index is 0.260. The molecule has 17 heavy (non-hydrogen) atoms. The van der Waals surface area contributed by atoms with Crippen LogP contribution in [0.25, 0.3) is 0 Å². The molecule has 1 atom stereocenters. The Bertz CT molecular complexity index is 337. The average Bonchev–Trinajstić information content (AvgIpc) is 2.22. The van der Waals surface area contributed by atoms with Gasteiger partial charge in [0, 0.05) is 12.7 Å². The standard InChI is InChI=1S/C12H20BrN3O/c1-5-17-7-10(8(2)3)16-12-6-11(13)14-9(4)15-12/h6,8,10H,5,7H2,1-4H3,(H,14,15,16). The Kier molecular flexibility index (Phi) is 5.85. The molecule has 4 nitrogen and oxygen atoms in total. The normalized spacial score (nSPS) is 12.8. The number of hydrogen-bond donors (Lipinski definition) is 1. The Morgan fingerprint density at radius 1 is 1.41 bits per heavy atom. The van der Waals surface area contributed by atoms with Crippen LogP contribution in [0.1, 0.15) is 26.6 Å². The van der Waals surface area contributed by atoms with Crippen LogP contribution in [0.3, 0.4) is 0 Å². The van der Waals surface area contributed by atoms with E-state index in [1.807, 2.05) is 19.9 Å². The molecule has 1 unspecified atom stereocenters. The second-order valence-electron chi connectivity index (χ2n) is 4.28. The van der Waals surface area contributed by atoms with E-state index in [0.717, 1.165) is 22.9 Å². The molecule has 1 rings (SSSR count). The third-order valence-electron chi connectivity index (χ3n) is 2.45. The Morgan fingerprint density at radius 2 is 2.12 bits per heavy atom. The van der Waals surface area contributed by atoms with Crippen LogP contribution in [0.4, 0.5) is 5.82 Å². The van der Waals surface area contributed by atoms with Crippen LogP contribution >= 0.6 is 15.9 Å². The van der Waals surface area contributed by atoms with Gasteiger partial charge in [-0.05, 0) is 35.7 Å². The molecule has 0 saturated heterocycles. The molecule has 1 aromatic rings. The second kappa shape index (κ2) is 6.91.